The number of halogens is 2. The van der Waals surface area contributed by atoms with Crippen LogP contribution in [0.3, 0.4) is 0 Å². The summed E-state index contributed by atoms with van der Waals surface area (Å²) in [7, 11) is 1.68. The fraction of sp³-hybridized carbons (Fsp3) is 0.0833. The number of nitrogens with one attached hydrogen (secondary N) is 3. The summed E-state index contributed by atoms with van der Waals surface area (Å²) in [4.78, 5) is 15.3. The average Bonchev–Trinajstić information content (AvgIpc) is 2.91. The SMILES string of the molecule is CNc1nc(Nc2ccc(F)c(F)c2)c2[nH]cnc2n1. The van der Waals surface area contributed by atoms with Gasteiger partial charge in [-0.25, -0.2) is 13.8 Å². The highest BCUT2D eigenvalue weighted by atomic mass is 19.2. The van der Waals surface area contributed by atoms with Crippen LogP contribution < -0.4 is 10.6 Å². The molecule has 0 saturated carbocycles. The first-order valence-corrected chi connectivity index (χ1v) is 5.78. The molecule has 102 valence electrons. The van der Waals surface area contributed by atoms with E-state index in [0.717, 1.165) is 12.1 Å². The van der Waals surface area contributed by atoms with Crippen LogP contribution in [0.25, 0.3) is 11.2 Å². The summed E-state index contributed by atoms with van der Waals surface area (Å²) in [6, 6.07) is 3.52. The van der Waals surface area contributed by atoms with Crippen molar-refractivity contribution in [2.45, 2.75) is 0 Å². The van der Waals surface area contributed by atoms with Crippen molar-refractivity contribution in [1.82, 2.24) is 19.9 Å². The number of fused-ring (bicyclic) bond motifs is 1. The third kappa shape index (κ3) is 2.11. The molecule has 0 unspecified atom stereocenters. The predicted molar refractivity (Wildman–Crippen MR) is 70.9 cm³/mol. The second kappa shape index (κ2) is 4.72. The van der Waals surface area contributed by atoms with Gasteiger partial charge in [-0.15, -0.1) is 0 Å². The average molecular weight is 276 g/mol. The van der Waals surface area contributed by atoms with Crippen LogP contribution in [0.1, 0.15) is 0 Å². The second-order valence-electron chi connectivity index (χ2n) is 4.00. The lowest BCUT2D eigenvalue weighted by molar-refractivity contribution is 0.509. The number of aromatic nitrogens is 4. The van der Waals surface area contributed by atoms with E-state index in [0.29, 0.717) is 28.6 Å². The Morgan fingerprint density at radius 2 is 2.00 bits per heavy atom. The zero-order valence-electron chi connectivity index (χ0n) is 10.4. The van der Waals surface area contributed by atoms with Crippen molar-refractivity contribution in [2.75, 3.05) is 17.7 Å². The number of rotatable bonds is 3. The minimum atomic E-state index is -0.932. The molecule has 2 aromatic heterocycles. The van der Waals surface area contributed by atoms with Crippen molar-refractivity contribution < 1.29 is 8.78 Å². The zero-order chi connectivity index (χ0) is 14.1. The molecule has 0 aliphatic rings. The number of hydrogen-bond acceptors (Lipinski definition) is 5. The van der Waals surface area contributed by atoms with Crippen molar-refractivity contribution in [2.24, 2.45) is 0 Å². The molecule has 0 spiro atoms. The topological polar surface area (TPSA) is 78.5 Å². The highest BCUT2D eigenvalue weighted by Gasteiger charge is 2.10. The van der Waals surface area contributed by atoms with E-state index in [-0.39, 0.29) is 0 Å². The molecular formula is C12H10F2N6. The summed E-state index contributed by atoms with van der Waals surface area (Å²) in [6.45, 7) is 0. The van der Waals surface area contributed by atoms with Gasteiger partial charge in [0.1, 0.15) is 5.52 Å². The first kappa shape index (κ1) is 12.3. The molecule has 0 saturated heterocycles. The predicted octanol–water partition coefficient (Wildman–Crippen LogP) is 2.42. The van der Waals surface area contributed by atoms with E-state index in [4.69, 9.17) is 0 Å². The first-order chi connectivity index (χ1) is 9.67. The molecule has 0 amide bonds. The Hall–Kier alpha value is -2.77. The minimum Gasteiger partial charge on any atom is -0.357 e. The van der Waals surface area contributed by atoms with Crippen LogP contribution in [-0.4, -0.2) is 27.0 Å². The summed E-state index contributed by atoms with van der Waals surface area (Å²) in [5, 5.41) is 5.71. The van der Waals surface area contributed by atoms with Crippen LogP contribution in [0.15, 0.2) is 24.5 Å². The number of anilines is 3. The lowest BCUT2D eigenvalue weighted by atomic mass is 10.3. The molecule has 0 bridgehead atoms. The monoisotopic (exact) mass is 276 g/mol. The molecule has 0 atom stereocenters. The van der Waals surface area contributed by atoms with Crippen molar-refractivity contribution in [3.8, 4) is 0 Å². The van der Waals surface area contributed by atoms with E-state index in [1.807, 2.05) is 0 Å². The molecule has 0 aliphatic carbocycles. The van der Waals surface area contributed by atoms with E-state index in [2.05, 4.69) is 30.6 Å². The lowest BCUT2D eigenvalue weighted by Gasteiger charge is -2.08. The van der Waals surface area contributed by atoms with Gasteiger partial charge in [0, 0.05) is 18.8 Å². The third-order valence-electron chi connectivity index (χ3n) is 2.69. The van der Waals surface area contributed by atoms with Gasteiger partial charge in [-0.1, -0.05) is 0 Å². The van der Waals surface area contributed by atoms with E-state index >= 15 is 0 Å². The minimum absolute atomic E-state index is 0.370. The largest absolute Gasteiger partial charge is 0.357 e. The Labute approximate surface area is 112 Å². The van der Waals surface area contributed by atoms with Crippen molar-refractivity contribution >= 4 is 28.6 Å². The second-order valence-corrected chi connectivity index (χ2v) is 4.00. The molecule has 1 aromatic carbocycles. The summed E-state index contributed by atoms with van der Waals surface area (Å²) in [6.07, 6.45) is 1.48. The number of imidazole rings is 1. The van der Waals surface area contributed by atoms with Crippen molar-refractivity contribution in [1.29, 1.82) is 0 Å². The van der Waals surface area contributed by atoms with Gasteiger partial charge in [0.15, 0.2) is 23.1 Å². The Balaban J connectivity index is 2.04. The van der Waals surface area contributed by atoms with Gasteiger partial charge in [-0.3, -0.25) is 0 Å². The van der Waals surface area contributed by atoms with Gasteiger partial charge in [-0.2, -0.15) is 9.97 Å². The fourth-order valence-corrected chi connectivity index (χ4v) is 1.75. The lowest BCUT2D eigenvalue weighted by Crippen LogP contribution is -2.02. The fourth-order valence-electron chi connectivity index (χ4n) is 1.75. The standard InChI is InChI=1S/C12H10F2N6/c1-15-12-19-10-9(16-5-17-10)11(20-12)18-6-2-3-7(13)8(14)4-6/h2-5H,1H3,(H3,15,16,17,18,19,20). The molecule has 0 aliphatic heterocycles. The zero-order valence-corrected chi connectivity index (χ0v) is 10.4. The molecule has 20 heavy (non-hydrogen) atoms. The molecule has 8 heteroatoms. The summed E-state index contributed by atoms with van der Waals surface area (Å²) in [5.74, 6) is -1.04. The van der Waals surface area contributed by atoms with E-state index in [1.165, 1.54) is 12.4 Å². The van der Waals surface area contributed by atoms with Crippen LogP contribution in [0.2, 0.25) is 0 Å². The number of benzene rings is 1. The highest BCUT2D eigenvalue weighted by molar-refractivity contribution is 5.85. The molecule has 3 N–H and O–H groups in total. The number of nitrogens with zero attached hydrogens (tertiary/aromatic N) is 3. The highest BCUT2D eigenvalue weighted by Crippen LogP contribution is 2.23. The maximum Gasteiger partial charge on any atom is 0.226 e. The van der Waals surface area contributed by atoms with Gasteiger partial charge < -0.3 is 15.6 Å². The van der Waals surface area contributed by atoms with Crippen LogP contribution in [0, 0.1) is 11.6 Å². The smallest absolute Gasteiger partial charge is 0.226 e. The third-order valence-corrected chi connectivity index (χ3v) is 2.69. The summed E-state index contributed by atoms with van der Waals surface area (Å²) < 4.78 is 26.1. The van der Waals surface area contributed by atoms with Gasteiger partial charge in [-0.05, 0) is 12.1 Å². The Morgan fingerprint density at radius 1 is 1.15 bits per heavy atom. The summed E-state index contributed by atoms with van der Waals surface area (Å²) in [5.41, 5.74) is 1.42. The number of aromatic amines is 1. The normalized spacial score (nSPS) is 10.8. The molecule has 3 rings (SSSR count). The van der Waals surface area contributed by atoms with Crippen LogP contribution in [0.5, 0.6) is 0 Å². The molecule has 0 fully saturated rings. The Kier molecular flexibility index (Phi) is 2.90. The maximum absolute atomic E-state index is 13.2. The van der Waals surface area contributed by atoms with Crippen molar-refractivity contribution in [3.05, 3.63) is 36.2 Å². The summed E-state index contributed by atoms with van der Waals surface area (Å²) >= 11 is 0. The van der Waals surface area contributed by atoms with Crippen LogP contribution in [-0.2, 0) is 0 Å². The van der Waals surface area contributed by atoms with E-state index < -0.39 is 11.6 Å². The molecular weight excluding hydrogens is 266 g/mol. The van der Waals surface area contributed by atoms with Crippen LogP contribution >= 0.6 is 0 Å². The number of hydrogen-bond donors (Lipinski definition) is 3. The van der Waals surface area contributed by atoms with E-state index in [9.17, 15) is 8.78 Å². The van der Waals surface area contributed by atoms with Gasteiger partial charge >= 0.3 is 0 Å². The first-order valence-electron chi connectivity index (χ1n) is 5.78. The van der Waals surface area contributed by atoms with Crippen LogP contribution in [0.4, 0.5) is 26.2 Å². The Morgan fingerprint density at radius 3 is 2.75 bits per heavy atom. The molecule has 3 aromatic rings. The van der Waals surface area contributed by atoms with Gasteiger partial charge in [0.2, 0.25) is 5.95 Å². The molecule has 0 radical (unpaired) electrons. The maximum atomic E-state index is 13.2. The van der Waals surface area contributed by atoms with E-state index in [1.54, 1.807) is 7.05 Å². The van der Waals surface area contributed by atoms with Gasteiger partial charge in [0.25, 0.3) is 0 Å². The number of H-pyrrole nitrogens is 1. The quantitative estimate of drug-likeness (QED) is 0.684. The molecule has 2 heterocycles. The van der Waals surface area contributed by atoms with Gasteiger partial charge in [0.05, 0.1) is 6.33 Å². The van der Waals surface area contributed by atoms with Crippen molar-refractivity contribution in [3.63, 3.8) is 0 Å². The Bertz CT molecular complexity index is 770. The molecule has 6 nitrogen and oxygen atoms in total.